The molecule has 23 nitrogen and oxygen atoms in total. The van der Waals surface area contributed by atoms with Crippen molar-refractivity contribution < 1.29 is 212 Å². The minimum absolute atomic E-state index is 0. The number of aryl methyl sites for hydroxylation is 3. The van der Waals surface area contributed by atoms with Crippen LogP contribution in [0.4, 0.5) is 28.4 Å². The molecule has 5 heterocycles. The van der Waals surface area contributed by atoms with E-state index in [1.165, 1.54) is 19.8 Å². The van der Waals surface area contributed by atoms with E-state index in [1.807, 2.05) is 97.1 Å². The molecule has 1 aliphatic carbocycles. The summed E-state index contributed by atoms with van der Waals surface area (Å²) in [6, 6.07) is 35.5. The minimum Gasteiger partial charge on any atom is -1.00 e. The van der Waals surface area contributed by atoms with Crippen molar-refractivity contribution in [1.82, 2.24) is 14.7 Å². The van der Waals surface area contributed by atoms with Crippen LogP contribution < -0.4 is 182 Å². The third-order valence-electron chi connectivity index (χ3n) is 20.6. The van der Waals surface area contributed by atoms with E-state index in [9.17, 15) is 28.8 Å². The van der Waals surface area contributed by atoms with Gasteiger partial charge in [-0.1, -0.05) is 129 Å². The number of ether oxygens (including phenoxy) is 5. The molecule has 0 aromatic heterocycles. The van der Waals surface area contributed by atoms with Crippen molar-refractivity contribution >= 4 is 163 Å². The van der Waals surface area contributed by atoms with Crippen LogP contribution in [0.15, 0.2) is 109 Å². The van der Waals surface area contributed by atoms with Gasteiger partial charge in [0.1, 0.15) is 23.0 Å². The van der Waals surface area contributed by atoms with Crippen LogP contribution in [0.25, 0.3) is 0 Å². The van der Waals surface area contributed by atoms with E-state index in [2.05, 4.69) is 73.7 Å². The number of aliphatic carboxylic acids is 1. The van der Waals surface area contributed by atoms with Crippen molar-refractivity contribution in [2.45, 2.75) is 122 Å². The van der Waals surface area contributed by atoms with Crippen LogP contribution in [0.2, 0.25) is 30.1 Å². The summed E-state index contributed by atoms with van der Waals surface area (Å²) in [5, 5.41) is 21.0. The number of esters is 2. The molecule has 0 bridgehead atoms. The van der Waals surface area contributed by atoms with Gasteiger partial charge in [0.2, 0.25) is 11.8 Å². The predicted octanol–water partition coefficient (Wildman–Crippen LogP) is 9.29. The average molecular weight is 2090 g/mol. The number of ketones is 1. The van der Waals surface area contributed by atoms with Crippen LogP contribution in [0.1, 0.15) is 120 Å². The number of unbranched alkanes of at least 4 members (excludes halogenated alkanes) is 3. The summed E-state index contributed by atoms with van der Waals surface area (Å²) in [5.41, 5.74) is 9.48. The number of methoxy groups -OCH3 is 2. The van der Waals surface area contributed by atoms with Gasteiger partial charge >= 0.3 is 156 Å². The van der Waals surface area contributed by atoms with Crippen molar-refractivity contribution in [2.75, 3.05) is 174 Å². The van der Waals surface area contributed by atoms with Crippen molar-refractivity contribution in [3.8, 4) is 17.2 Å². The molecular weight excluding hydrogens is 1980 g/mol. The fourth-order valence-corrected chi connectivity index (χ4v) is 15.9. The Bertz CT molecular complexity index is 4130. The molecule has 1 N–H and O–H groups in total. The SMILES string of the molecule is COC(=O)CCCI.COC(=O)CCCN1C(=O)CCc2ccc(OCCCCN3CCN(c4cccc(Cl)c4Cl)CC3)cc21.O=C(O)CCCN1C(=O)CCc2ccc(OCCCCN3CCN(c4cccc(Cl)c4Cl)CC3)cc21.O=C1CCc2ccc(OCCCCN3CCN(c4cccc(Cl)c4Cl)CC3)cc2C1.O=CO[O-].[Cs+].[Cs+].[H-]. The van der Waals surface area contributed by atoms with Gasteiger partial charge in [-0.2, -0.15) is 0 Å². The number of carbonyl (C=O) groups is 7. The van der Waals surface area contributed by atoms with E-state index in [0.717, 1.165) is 223 Å². The van der Waals surface area contributed by atoms with E-state index in [1.54, 1.807) is 9.80 Å². The van der Waals surface area contributed by atoms with E-state index in [4.69, 9.17) is 104 Å². The second-order valence-electron chi connectivity index (χ2n) is 28.4. The van der Waals surface area contributed by atoms with Gasteiger partial charge in [0.15, 0.2) is 0 Å². The van der Waals surface area contributed by atoms with Gasteiger partial charge < -0.3 is 64.9 Å². The summed E-state index contributed by atoms with van der Waals surface area (Å²) in [7, 11) is 2.79. The normalized spacial score (nSPS) is 15.2. The Morgan fingerprint density at radius 2 is 0.786 bits per heavy atom. The number of carboxylic acids is 1. The Balaban J connectivity index is 0.000000292. The average Bonchev–Trinajstić information content (AvgIpc) is 0.801. The predicted molar refractivity (Wildman–Crippen MR) is 464 cm³/mol. The molecule has 0 unspecified atom stereocenters. The van der Waals surface area contributed by atoms with Crippen LogP contribution in [0.5, 0.6) is 17.2 Å². The van der Waals surface area contributed by atoms with E-state index < -0.39 is 5.97 Å². The number of rotatable bonds is 33. The van der Waals surface area contributed by atoms with Crippen molar-refractivity contribution in [2.24, 2.45) is 0 Å². The number of fused-ring (bicyclic) bond motifs is 3. The summed E-state index contributed by atoms with van der Waals surface area (Å²) in [5.74, 6) is 1.67. The Hall–Kier alpha value is -2.98. The summed E-state index contributed by atoms with van der Waals surface area (Å²) < 4.78 is 28.1. The first-order valence-electron chi connectivity index (χ1n) is 39.5. The van der Waals surface area contributed by atoms with Gasteiger partial charge in [0.05, 0.1) is 92.6 Å². The molecule has 628 valence electrons. The molecule has 6 aromatic rings. The monoisotopic (exact) mass is 2080 g/mol. The van der Waals surface area contributed by atoms with Gasteiger partial charge in [0, 0.05) is 153 Å². The first-order valence-corrected chi connectivity index (χ1v) is 43.3. The fourth-order valence-electron chi connectivity index (χ4n) is 14.3. The number of anilines is 5. The molecule has 5 aliphatic heterocycles. The molecule has 6 aromatic carbocycles. The van der Waals surface area contributed by atoms with Gasteiger partial charge in [-0.3, -0.25) is 48.3 Å². The van der Waals surface area contributed by atoms with E-state index in [0.29, 0.717) is 127 Å². The Morgan fingerprint density at radius 3 is 1.15 bits per heavy atom. The van der Waals surface area contributed by atoms with Gasteiger partial charge in [-0.25, -0.2) is 0 Å². The number of carboxylic acid groups (broad SMARTS) is 1. The van der Waals surface area contributed by atoms with Crippen LogP contribution in [-0.4, -0.2) is 212 Å². The molecule has 117 heavy (non-hydrogen) atoms. The van der Waals surface area contributed by atoms with Gasteiger partial charge in [-0.05, 0) is 180 Å². The number of nitrogens with zero attached hydrogens (tertiary/aromatic N) is 8. The van der Waals surface area contributed by atoms with Crippen LogP contribution >= 0.6 is 92.2 Å². The molecule has 12 rings (SSSR count). The molecule has 2 amide bonds. The maximum atomic E-state index is 12.5. The largest absolute Gasteiger partial charge is 1.00 e. The summed E-state index contributed by atoms with van der Waals surface area (Å²) >= 11 is 39.8. The van der Waals surface area contributed by atoms with E-state index >= 15 is 0 Å². The Kier molecular flexibility index (Phi) is 49.9. The zero-order valence-electron chi connectivity index (χ0n) is 68.6. The quantitative estimate of drug-likeness (QED) is 0.00767. The Labute approximate surface area is 851 Å². The first-order chi connectivity index (χ1) is 55.7. The summed E-state index contributed by atoms with van der Waals surface area (Å²) in [4.78, 5) is 98.4. The van der Waals surface area contributed by atoms with E-state index in [-0.39, 0.29) is 176 Å². The van der Waals surface area contributed by atoms with Gasteiger partial charge in [-0.15, -0.1) is 0 Å². The Morgan fingerprint density at radius 1 is 0.436 bits per heavy atom. The number of carbonyl (C=O) groups excluding carboxylic acids is 6. The maximum Gasteiger partial charge on any atom is 1.00 e. The molecule has 3 fully saturated rings. The second kappa shape index (κ2) is 56.8. The first kappa shape index (κ1) is 103. The number of alkyl halides is 1. The number of piperazine rings is 3. The molecule has 0 spiro atoms. The van der Waals surface area contributed by atoms with Crippen LogP contribution in [0, 0.1) is 0 Å². The van der Waals surface area contributed by atoms with Crippen molar-refractivity contribution in [3.05, 3.63) is 162 Å². The van der Waals surface area contributed by atoms with Gasteiger partial charge in [0.25, 0.3) is 6.47 Å². The number of halogens is 7. The topological polar surface area (TPSA) is 244 Å². The number of benzene rings is 6. The van der Waals surface area contributed by atoms with Crippen LogP contribution in [0.3, 0.4) is 0 Å². The number of hydrogen-bond acceptors (Lipinski definition) is 20. The molecular formula is C85H107Cl6Cs2IN8O15. The number of hydrogen-bond donors (Lipinski definition) is 1. The molecule has 0 saturated carbocycles. The third kappa shape index (κ3) is 34.8. The molecule has 6 aliphatic rings. The minimum atomic E-state index is -0.843. The summed E-state index contributed by atoms with van der Waals surface area (Å²) in [6.45, 7) is 17.5. The molecule has 0 atom stereocenters. The molecule has 3 saturated heterocycles. The second-order valence-corrected chi connectivity index (χ2v) is 31.9. The number of amides is 2. The fraction of sp³-hybridized carbons (Fsp3) is 0.494. The van der Waals surface area contributed by atoms with Crippen molar-refractivity contribution in [1.29, 1.82) is 0 Å². The van der Waals surface area contributed by atoms with Crippen LogP contribution in [-0.2, 0) is 73.6 Å². The zero-order valence-corrected chi connectivity index (χ0v) is 86.9. The molecule has 32 heteroatoms. The standard InChI is InChI=1S/C28H35Cl2N3O4.C27H33Cl2N3O4.C24H28Cl2N2O2.C5H9IO2.CH2O3.2Cs.H/c1-36-27(35)8-5-14-33-25-20-22(11-9-21(25)10-12-26(33)34)37-19-3-2-13-31-15-17-32(18-16-31)24-7-4-6-23(29)28(24)30;28-22-5-3-6-23(27(22)29)31-16-14-30(15-17-31)12-1-2-18-36-21-10-8-20-9-11-25(33)32(24(20)19-21)13-4-7-26(34)35;25-22-4-3-5-23(24(22)26)28-13-11-27(12-14-28)10-1-2-15-30-21-9-7-18-6-8-20(29)16-19(18)17-21;1-8-5(7)3-2-4-6;2-1-4-3;;;/h4,6-7,9,11,20H,2-3,5,8,10,12-19H2,1H3;3,5-6,8,10,19H,1-2,4,7,9,11-18H2,(H,34,35);3-5,7,9,17H,1-2,6,8,10-16H2;2-4H2,1H3;1,3H;;;/q;;;;;2*+1;-1/p-1. The smallest absolute Gasteiger partial charge is 1.00 e. The summed E-state index contributed by atoms with van der Waals surface area (Å²) in [6.07, 6.45) is 13.5. The van der Waals surface area contributed by atoms with Crippen molar-refractivity contribution in [3.63, 3.8) is 0 Å². The third-order valence-corrected chi connectivity index (χ3v) is 23.8. The number of Topliss-reactive ketones (excluding diaryl/α,β-unsaturated/α-hetero) is 1. The molecule has 0 radical (unpaired) electrons. The maximum absolute atomic E-state index is 12.5. The zero-order chi connectivity index (χ0) is 82.4.